The summed E-state index contributed by atoms with van der Waals surface area (Å²) in [7, 11) is -2.43. The van der Waals surface area contributed by atoms with E-state index in [1.165, 1.54) is 28.0 Å². The van der Waals surface area contributed by atoms with E-state index in [9.17, 15) is 27.5 Å². The Kier molecular flexibility index (Phi) is 9.26. The van der Waals surface area contributed by atoms with Crippen molar-refractivity contribution in [1.29, 1.82) is 0 Å². The minimum Gasteiger partial charge on any atom is -0.487 e. The van der Waals surface area contributed by atoms with Gasteiger partial charge in [-0.15, -0.1) is 0 Å². The SMILES string of the molecule is C[C@H]1CN([C@@H](C)CO)C(=O)c2cc(NS(=O)(=O)c3ccc(F)cc3)ccc2O[C@H]1CN(C)C(=O)Nc1cccc2ccccc12. The van der Waals surface area contributed by atoms with E-state index in [1.54, 1.807) is 14.0 Å². The lowest BCUT2D eigenvalue weighted by molar-refractivity contribution is 0.0371. The average Bonchev–Trinajstić information content (AvgIpc) is 3.02. The van der Waals surface area contributed by atoms with Gasteiger partial charge < -0.3 is 25.0 Å². The molecule has 12 heteroatoms. The number of aliphatic hydroxyl groups excluding tert-OH is 1. The summed E-state index contributed by atoms with van der Waals surface area (Å²) in [4.78, 5) is 29.9. The number of benzene rings is 4. The minimum absolute atomic E-state index is 0.0920. The van der Waals surface area contributed by atoms with E-state index in [1.807, 2.05) is 49.4 Å². The average molecular weight is 635 g/mol. The zero-order valence-electron chi connectivity index (χ0n) is 25.1. The lowest BCUT2D eigenvalue weighted by Gasteiger charge is -2.38. The lowest BCUT2D eigenvalue weighted by atomic mass is 9.99. The third kappa shape index (κ3) is 7.02. The summed E-state index contributed by atoms with van der Waals surface area (Å²) < 4.78 is 48.1. The molecule has 0 aliphatic carbocycles. The van der Waals surface area contributed by atoms with Gasteiger partial charge in [0.05, 0.1) is 35.3 Å². The molecule has 0 aromatic heterocycles. The highest BCUT2D eigenvalue weighted by atomic mass is 32.2. The summed E-state index contributed by atoms with van der Waals surface area (Å²) in [6.45, 7) is 3.72. The highest BCUT2D eigenvalue weighted by Crippen LogP contribution is 2.32. The van der Waals surface area contributed by atoms with Gasteiger partial charge >= 0.3 is 6.03 Å². The zero-order valence-corrected chi connectivity index (χ0v) is 25.9. The van der Waals surface area contributed by atoms with E-state index in [0.717, 1.165) is 35.0 Å². The largest absolute Gasteiger partial charge is 0.487 e. The van der Waals surface area contributed by atoms with Crippen molar-refractivity contribution in [3.05, 3.63) is 96.3 Å². The van der Waals surface area contributed by atoms with Crippen molar-refractivity contribution in [1.82, 2.24) is 9.80 Å². The van der Waals surface area contributed by atoms with Gasteiger partial charge in [0.25, 0.3) is 15.9 Å². The first-order chi connectivity index (χ1) is 21.5. The van der Waals surface area contributed by atoms with Gasteiger partial charge in [0.1, 0.15) is 17.7 Å². The summed E-state index contributed by atoms with van der Waals surface area (Å²) in [6.07, 6.45) is -0.560. The molecule has 1 heterocycles. The fraction of sp³-hybridized carbons (Fsp3) is 0.273. The Morgan fingerprint density at radius 3 is 2.53 bits per heavy atom. The van der Waals surface area contributed by atoms with Gasteiger partial charge in [-0.05, 0) is 60.8 Å². The van der Waals surface area contributed by atoms with Crippen LogP contribution < -0.4 is 14.8 Å². The van der Waals surface area contributed by atoms with Gasteiger partial charge in [0.2, 0.25) is 0 Å². The number of ether oxygens (including phenoxy) is 1. The number of aliphatic hydroxyl groups is 1. The Morgan fingerprint density at radius 1 is 1.09 bits per heavy atom. The number of hydrogen-bond donors (Lipinski definition) is 3. The van der Waals surface area contributed by atoms with Crippen molar-refractivity contribution in [2.75, 3.05) is 36.8 Å². The number of nitrogens with zero attached hydrogens (tertiary/aromatic N) is 2. The number of nitrogens with one attached hydrogen (secondary N) is 2. The first kappa shape index (κ1) is 31.7. The molecule has 4 aromatic carbocycles. The van der Waals surface area contributed by atoms with Crippen LogP contribution >= 0.6 is 0 Å². The Bertz CT molecular complexity index is 1810. The van der Waals surface area contributed by atoms with Gasteiger partial charge in [-0.3, -0.25) is 9.52 Å². The predicted molar refractivity (Wildman–Crippen MR) is 170 cm³/mol. The molecule has 236 valence electrons. The van der Waals surface area contributed by atoms with Crippen LogP contribution in [0.25, 0.3) is 10.8 Å². The van der Waals surface area contributed by atoms with Crippen LogP contribution in [-0.2, 0) is 10.0 Å². The van der Waals surface area contributed by atoms with E-state index < -0.39 is 33.9 Å². The second-order valence-corrected chi connectivity index (χ2v) is 12.9. The molecule has 1 aliphatic rings. The number of anilines is 2. The van der Waals surface area contributed by atoms with Crippen LogP contribution in [-0.4, -0.2) is 74.2 Å². The third-order valence-electron chi connectivity index (χ3n) is 7.87. The number of likely N-dealkylation sites (N-methyl/N-ethyl adjacent to an activating group) is 1. The molecule has 10 nitrogen and oxygen atoms in total. The summed E-state index contributed by atoms with van der Waals surface area (Å²) in [5.41, 5.74) is 0.865. The molecular weight excluding hydrogens is 599 g/mol. The maximum atomic E-state index is 13.7. The Hall–Kier alpha value is -4.68. The smallest absolute Gasteiger partial charge is 0.321 e. The molecule has 5 rings (SSSR count). The molecule has 0 saturated heterocycles. The highest BCUT2D eigenvalue weighted by Gasteiger charge is 2.34. The Morgan fingerprint density at radius 2 is 1.80 bits per heavy atom. The van der Waals surface area contributed by atoms with E-state index in [2.05, 4.69) is 10.0 Å². The van der Waals surface area contributed by atoms with Gasteiger partial charge in [0, 0.05) is 30.6 Å². The number of carbonyl (C=O) groups is 2. The van der Waals surface area contributed by atoms with Crippen LogP contribution in [0.1, 0.15) is 24.2 Å². The van der Waals surface area contributed by atoms with Crippen molar-refractivity contribution >= 4 is 44.1 Å². The number of carbonyl (C=O) groups excluding carboxylic acids is 2. The number of urea groups is 1. The van der Waals surface area contributed by atoms with Gasteiger partial charge in [-0.25, -0.2) is 17.6 Å². The number of sulfonamides is 1. The van der Waals surface area contributed by atoms with Crippen molar-refractivity contribution in [3.63, 3.8) is 0 Å². The molecule has 0 bridgehead atoms. The van der Waals surface area contributed by atoms with E-state index in [-0.39, 0.29) is 53.5 Å². The predicted octanol–water partition coefficient (Wildman–Crippen LogP) is 5.16. The third-order valence-corrected chi connectivity index (χ3v) is 9.27. The quantitative estimate of drug-likeness (QED) is 0.246. The van der Waals surface area contributed by atoms with Crippen LogP contribution in [0.3, 0.4) is 0 Å². The molecule has 0 spiro atoms. The van der Waals surface area contributed by atoms with Crippen molar-refractivity contribution < 1.29 is 32.2 Å². The molecule has 3 amide bonds. The number of rotatable bonds is 8. The minimum atomic E-state index is -4.08. The molecule has 0 radical (unpaired) electrons. The summed E-state index contributed by atoms with van der Waals surface area (Å²) in [5.74, 6) is -1.06. The first-order valence-electron chi connectivity index (χ1n) is 14.5. The fourth-order valence-electron chi connectivity index (χ4n) is 5.23. The second kappa shape index (κ2) is 13.1. The summed E-state index contributed by atoms with van der Waals surface area (Å²) in [6, 6.07) is 21.2. The number of amides is 3. The maximum Gasteiger partial charge on any atom is 0.321 e. The molecule has 45 heavy (non-hydrogen) atoms. The van der Waals surface area contributed by atoms with Crippen LogP contribution in [0.15, 0.2) is 89.8 Å². The molecule has 0 saturated carbocycles. The van der Waals surface area contributed by atoms with Crippen molar-refractivity contribution in [2.24, 2.45) is 5.92 Å². The molecule has 3 atom stereocenters. The standard InChI is InChI=1S/C33H35FN4O6S/c1-21-18-38(22(2)20-39)32(40)28-17-25(36-45(42,43)26-14-11-24(34)12-15-26)13-16-30(28)44-31(21)19-37(3)33(41)35-29-10-6-8-23-7-4-5-9-27(23)29/h4-17,21-22,31,36,39H,18-20H2,1-3H3,(H,35,41)/t21-,22-,31-/m0/s1. The monoisotopic (exact) mass is 634 g/mol. The second-order valence-electron chi connectivity index (χ2n) is 11.2. The van der Waals surface area contributed by atoms with Crippen LogP contribution in [0.5, 0.6) is 5.75 Å². The van der Waals surface area contributed by atoms with Gasteiger partial charge in [-0.2, -0.15) is 0 Å². The lowest BCUT2D eigenvalue weighted by Crippen LogP contribution is -2.50. The highest BCUT2D eigenvalue weighted by molar-refractivity contribution is 7.92. The number of hydrogen-bond acceptors (Lipinski definition) is 6. The number of halogens is 1. The first-order valence-corrected chi connectivity index (χ1v) is 16.0. The molecule has 0 fully saturated rings. The van der Waals surface area contributed by atoms with Crippen molar-refractivity contribution in [2.45, 2.75) is 30.9 Å². The molecule has 4 aromatic rings. The molecular formula is C33H35FN4O6S. The van der Waals surface area contributed by atoms with Crippen LogP contribution in [0, 0.1) is 11.7 Å². The summed E-state index contributed by atoms with van der Waals surface area (Å²) >= 11 is 0. The number of fused-ring (bicyclic) bond motifs is 2. The zero-order chi connectivity index (χ0) is 32.3. The van der Waals surface area contributed by atoms with E-state index in [0.29, 0.717) is 5.69 Å². The summed E-state index contributed by atoms with van der Waals surface area (Å²) in [5, 5.41) is 14.8. The topological polar surface area (TPSA) is 128 Å². The van der Waals surface area contributed by atoms with E-state index >= 15 is 0 Å². The van der Waals surface area contributed by atoms with Gasteiger partial charge in [0.15, 0.2) is 0 Å². The van der Waals surface area contributed by atoms with E-state index in [4.69, 9.17) is 4.74 Å². The van der Waals surface area contributed by atoms with Gasteiger partial charge in [-0.1, -0.05) is 43.3 Å². The maximum absolute atomic E-state index is 13.7. The van der Waals surface area contributed by atoms with Crippen LogP contribution in [0.4, 0.5) is 20.6 Å². The molecule has 1 aliphatic heterocycles. The molecule has 0 unspecified atom stereocenters. The Labute approximate surface area is 261 Å². The van der Waals surface area contributed by atoms with Crippen LogP contribution in [0.2, 0.25) is 0 Å². The Balaban J connectivity index is 1.40. The molecule has 3 N–H and O–H groups in total. The van der Waals surface area contributed by atoms with Crippen molar-refractivity contribution in [3.8, 4) is 5.75 Å². The fourth-order valence-corrected chi connectivity index (χ4v) is 6.28. The normalized spacial score (nSPS) is 17.4.